The van der Waals surface area contributed by atoms with Gasteiger partial charge in [0.25, 0.3) is 0 Å². The molecular weight excluding hydrogens is 283 g/mol. The number of nitrogens with two attached hydrogens (primary N) is 1. The fourth-order valence-corrected chi connectivity index (χ4v) is 1.73. The van der Waals surface area contributed by atoms with Gasteiger partial charge in [-0.1, -0.05) is 0 Å². The van der Waals surface area contributed by atoms with Gasteiger partial charge in [-0.3, -0.25) is 0 Å². The maximum absolute atomic E-state index is 5.63. The number of nitrogens with one attached hydrogen (secondary N) is 1. The van der Waals surface area contributed by atoms with E-state index in [1.807, 2.05) is 42.1 Å². The van der Waals surface area contributed by atoms with E-state index in [0.717, 1.165) is 30.9 Å². The zero-order chi connectivity index (χ0) is 12.1. The molecule has 0 saturated carbocycles. The Morgan fingerprint density at radius 2 is 1.95 bits per heavy atom. The summed E-state index contributed by atoms with van der Waals surface area (Å²) in [6.07, 6.45) is 7.32. The fraction of sp³-hybridized carbons (Fsp3) is 0.308. The van der Waals surface area contributed by atoms with Crippen molar-refractivity contribution in [3.05, 3.63) is 43.0 Å². The molecule has 3 N–H and O–H groups in total. The minimum Gasteiger partial charge on any atom is -1.00 e. The van der Waals surface area contributed by atoms with Gasteiger partial charge in [0.1, 0.15) is 12.4 Å². The van der Waals surface area contributed by atoms with Crippen molar-refractivity contribution in [1.29, 1.82) is 0 Å². The molecule has 0 spiro atoms. The van der Waals surface area contributed by atoms with Crippen molar-refractivity contribution in [2.45, 2.75) is 13.0 Å². The molecule has 1 aromatic carbocycles. The minimum absolute atomic E-state index is 0. The van der Waals surface area contributed by atoms with Gasteiger partial charge in [-0.15, -0.1) is 12.4 Å². The van der Waals surface area contributed by atoms with Crippen molar-refractivity contribution in [3.63, 3.8) is 0 Å². The quantitative estimate of drug-likeness (QED) is 0.415. The highest BCUT2D eigenvalue weighted by molar-refractivity contribution is 5.85. The van der Waals surface area contributed by atoms with Crippen molar-refractivity contribution < 1.29 is 17.0 Å². The summed E-state index contributed by atoms with van der Waals surface area (Å²) in [4.78, 5) is 0. The van der Waals surface area contributed by atoms with Crippen LogP contribution >= 0.6 is 12.4 Å². The van der Waals surface area contributed by atoms with E-state index < -0.39 is 0 Å². The second-order valence-corrected chi connectivity index (χ2v) is 4.22. The number of nitrogens with zero attached hydrogens (tertiary/aromatic N) is 2. The average Bonchev–Trinajstić information content (AvgIpc) is 2.73. The molecule has 1 heterocycles. The first-order chi connectivity index (χ1) is 8.24. The Kier molecular flexibility index (Phi) is 8.03. The Hall–Kier alpha value is -1.39. The first kappa shape index (κ1) is 17.6. The van der Waals surface area contributed by atoms with Crippen LogP contribution in [-0.2, 0) is 13.6 Å². The molecule has 0 amide bonds. The lowest BCUT2D eigenvalue weighted by Gasteiger charge is -2.05. The summed E-state index contributed by atoms with van der Waals surface area (Å²) in [5.74, 6) is 0. The van der Waals surface area contributed by atoms with E-state index in [-0.39, 0.29) is 24.8 Å². The smallest absolute Gasteiger partial charge is 0.243 e. The highest BCUT2D eigenvalue weighted by atomic mass is 35.5. The molecule has 0 aliphatic heterocycles. The SMILES string of the molecule is C[n+]1ccn(CCCNc2ccc(N)cc2)c1.Cl.[Cl-]. The predicted octanol–water partition coefficient (Wildman–Crippen LogP) is -1.18. The molecule has 0 unspecified atom stereocenters. The van der Waals surface area contributed by atoms with Gasteiger partial charge in [-0.2, -0.15) is 0 Å². The number of anilines is 2. The Labute approximate surface area is 126 Å². The molecule has 19 heavy (non-hydrogen) atoms. The molecule has 0 bridgehead atoms. The van der Waals surface area contributed by atoms with Gasteiger partial charge in [0.15, 0.2) is 0 Å². The minimum atomic E-state index is 0. The molecule has 4 nitrogen and oxygen atoms in total. The summed E-state index contributed by atoms with van der Waals surface area (Å²) in [5, 5.41) is 3.37. The van der Waals surface area contributed by atoms with E-state index in [9.17, 15) is 0 Å². The van der Waals surface area contributed by atoms with E-state index in [1.54, 1.807) is 0 Å². The summed E-state index contributed by atoms with van der Waals surface area (Å²) in [6, 6.07) is 7.83. The second kappa shape index (κ2) is 8.67. The van der Waals surface area contributed by atoms with Crippen LogP contribution in [0, 0.1) is 0 Å². The molecule has 0 radical (unpaired) electrons. The third kappa shape index (κ3) is 5.85. The molecule has 1 aromatic heterocycles. The lowest BCUT2D eigenvalue weighted by atomic mass is 10.3. The van der Waals surface area contributed by atoms with Crippen molar-refractivity contribution >= 4 is 23.8 Å². The molecule has 6 heteroatoms. The van der Waals surface area contributed by atoms with Crippen LogP contribution in [0.2, 0.25) is 0 Å². The highest BCUT2D eigenvalue weighted by Gasteiger charge is 1.99. The zero-order valence-electron chi connectivity index (χ0n) is 10.9. The first-order valence-corrected chi connectivity index (χ1v) is 5.84. The maximum Gasteiger partial charge on any atom is 0.243 e. The number of imidazole rings is 1. The lowest BCUT2D eigenvalue weighted by molar-refractivity contribution is -0.671. The number of hydrogen-bond acceptors (Lipinski definition) is 2. The van der Waals surface area contributed by atoms with Gasteiger partial charge < -0.3 is 23.5 Å². The topological polar surface area (TPSA) is 46.9 Å². The van der Waals surface area contributed by atoms with Crippen LogP contribution in [0.3, 0.4) is 0 Å². The maximum atomic E-state index is 5.63. The van der Waals surface area contributed by atoms with E-state index in [0.29, 0.717) is 0 Å². The Balaban J connectivity index is 0.00000162. The van der Waals surface area contributed by atoms with Crippen molar-refractivity contribution in [3.8, 4) is 0 Å². The van der Waals surface area contributed by atoms with Gasteiger partial charge in [-0.05, 0) is 24.3 Å². The molecule has 0 aliphatic rings. The number of hydrogen-bond donors (Lipinski definition) is 2. The van der Waals surface area contributed by atoms with E-state index in [1.165, 1.54) is 0 Å². The number of aromatic nitrogens is 2. The zero-order valence-corrected chi connectivity index (χ0v) is 12.5. The largest absolute Gasteiger partial charge is 1.00 e. The third-order valence-corrected chi connectivity index (χ3v) is 2.66. The number of halogens is 2. The van der Waals surface area contributed by atoms with Gasteiger partial charge in [-0.25, -0.2) is 9.13 Å². The van der Waals surface area contributed by atoms with E-state index in [4.69, 9.17) is 5.73 Å². The lowest BCUT2D eigenvalue weighted by Crippen LogP contribution is -3.00. The van der Waals surface area contributed by atoms with Crippen LogP contribution < -0.4 is 28.0 Å². The molecule has 106 valence electrons. The van der Waals surface area contributed by atoms with Gasteiger partial charge in [0.05, 0.1) is 13.6 Å². The summed E-state index contributed by atoms with van der Waals surface area (Å²) in [5.41, 5.74) is 7.55. The number of nitrogen functional groups attached to an aromatic ring is 1. The van der Waals surface area contributed by atoms with Crippen LogP contribution in [-0.4, -0.2) is 11.1 Å². The van der Waals surface area contributed by atoms with Crippen LogP contribution in [0.1, 0.15) is 6.42 Å². The van der Waals surface area contributed by atoms with Crippen LogP contribution in [0.15, 0.2) is 43.0 Å². The van der Waals surface area contributed by atoms with Crippen LogP contribution in [0.5, 0.6) is 0 Å². The predicted molar refractivity (Wildman–Crippen MR) is 76.8 cm³/mol. The van der Waals surface area contributed by atoms with Gasteiger partial charge >= 0.3 is 0 Å². The molecule has 0 aliphatic carbocycles. The molecule has 0 atom stereocenters. The molecule has 0 saturated heterocycles. The number of benzene rings is 1. The molecular formula is C13H20Cl2N4. The molecule has 0 fully saturated rings. The number of aryl methyl sites for hydroxylation is 2. The number of rotatable bonds is 5. The molecule has 2 aromatic rings. The normalized spacial score (nSPS) is 9.32. The Morgan fingerprint density at radius 3 is 2.53 bits per heavy atom. The molecule has 2 rings (SSSR count). The van der Waals surface area contributed by atoms with Gasteiger partial charge in [0.2, 0.25) is 6.33 Å². The summed E-state index contributed by atoms with van der Waals surface area (Å²) in [7, 11) is 2.03. The van der Waals surface area contributed by atoms with Crippen LogP contribution in [0.4, 0.5) is 11.4 Å². The fourth-order valence-electron chi connectivity index (χ4n) is 1.73. The van der Waals surface area contributed by atoms with Crippen molar-refractivity contribution in [2.75, 3.05) is 17.6 Å². The van der Waals surface area contributed by atoms with E-state index >= 15 is 0 Å². The summed E-state index contributed by atoms with van der Waals surface area (Å²) in [6.45, 7) is 1.99. The van der Waals surface area contributed by atoms with Crippen LogP contribution in [0.25, 0.3) is 0 Å². The Bertz CT molecular complexity index is 468. The summed E-state index contributed by atoms with van der Waals surface area (Å²) < 4.78 is 4.23. The standard InChI is InChI=1S/C13H19N4.2ClH/c1-16-9-10-17(11-16)8-2-7-15-13-5-3-12(14)4-6-13;;/h3-6,9-11,15H,2,7-8,14H2,1H3;2*1H/q+1;;/p-1. The van der Waals surface area contributed by atoms with Crippen molar-refractivity contribution in [1.82, 2.24) is 4.57 Å². The second-order valence-electron chi connectivity index (χ2n) is 4.22. The van der Waals surface area contributed by atoms with Gasteiger partial charge in [0, 0.05) is 24.3 Å². The van der Waals surface area contributed by atoms with E-state index in [2.05, 4.69) is 22.4 Å². The summed E-state index contributed by atoms with van der Waals surface area (Å²) >= 11 is 0. The Morgan fingerprint density at radius 1 is 1.26 bits per heavy atom. The monoisotopic (exact) mass is 302 g/mol. The van der Waals surface area contributed by atoms with Crippen molar-refractivity contribution in [2.24, 2.45) is 7.05 Å². The average molecular weight is 303 g/mol. The third-order valence-electron chi connectivity index (χ3n) is 2.66. The highest BCUT2D eigenvalue weighted by Crippen LogP contribution is 2.10. The first-order valence-electron chi connectivity index (χ1n) is 5.84.